The van der Waals surface area contributed by atoms with Crippen molar-refractivity contribution < 1.29 is 4.79 Å². The van der Waals surface area contributed by atoms with Crippen molar-refractivity contribution in [1.29, 1.82) is 5.26 Å². The van der Waals surface area contributed by atoms with E-state index < -0.39 is 5.41 Å². The molecule has 0 unspecified atom stereocenters. The van der Waals surface area contributed by atoms with Gasteiger partial charge in [0.1, 0.15) is 5.41 Å². The van der Waals surface area contributed by atoms with Crippen LogP contribution in [0.4, 0.5) is 0 Å². The van der Waals surface area contributed by atoms with Crippen molar-refractivity contribution in [2.24, 2.45) is 5.41 Å². The van der Waals surface area contributed by atoms with Crippen LogP contribution in [0.3, 0.4) is 0 Å². The molecule has 1 aromatic heterocycles. The summed E-state index contributed by atoms with van der Waals surface area (Å²) >= 11 is 1.61. The molecule has 0 aliphatic carbocycles. The molecular formula is C14H20N2OS. The van der Waals surface area contributed by atoms with E-state index in [1.54, 1.807) is 11.3 Å². The van der Waals surface area contributed by atoms with E-state index in [0.29, 0.717) is 19.4 Å². The van der Waals surface area contributed by atoms with Gasteiger partial charge < -0.3 is 5.32 Å². The summed E-state index contributed by atoms with van der Waals surface area (Å²) in [7, 11) is 0. The standard InChI is InChI=1S/C14H20N2OS/c1-3-7-14(11-15,8-4-2)13(17)16-10-12-6-5-9-18-12/h5-6,9H,3-4,7-8,10H2,1-2H3,(H,16,17). The van der Waals surface area contributed by atoms with E-state index in [1.807, 2.05) is 31.4 Å². The number of carbonyl (C=O) groups excluding carboxylic acids is 1. The summed E-state index contributed by atoms with van der Waals surface area (Å²) in [5.41, 5.74) is -0.846. The lowest BCUT2D eigenvalue weighted by atomic mass is 9.80. The maximum absolute atomic E-state index is 12.2. The summed E-state index contributed by atoms with van der Waals surface area (Å²) in [5, 5.41) is 14.2. The smallest absolute Gasteiger partial charge is 0.240 e. The van der Waals surface area contributed by atoms with Crippen LogP contribution in [0.15, 0.2) is 17.5 Å². The zero-order valence-electron chi connectivity index (χ0n) is 11.0. The molecule has 18 heavy (non-hydrogen) atoms. The zero-order valence-corrected chi connectivity index (χ0v) is 11.8. The van der Waals surface area contributed by atoms with Crippen LogP contribution in [0.1, 0.15) is 44.4 Å². The molecular weight excluding hydrogens is 244 g/mol. The van der Waals surface area contributed by atoms with Crippen molar-refractivity contribution >= 4 is 17.2 Å². The van der Waals surface area contributed by atoms with Gasteiger partial charge in [-0.2, -0.15) is 5.26 Å². The lowest BCUT2D eigenvalue weighted by Gasteiger charge is -2.24. The van der Waals surface area contributed by atoms with Gasteiger partial charge >= 0.3 is 0 Å². The number of nitriles is 1. The fourth-order valence-electron chi connectivity index (χ4n) is 2.12. The Morgan fingerprint density at radius 2 is 2.11 bits per heavy atom. The van der Waals surface area contributed by atoms with Gasteiger partial charge in [0.25, 0.3) is 0 Å². The first-order chi connectivity index (χ1) is 8.68. The van der Waals surface area contributed by atoms with Crippen LogP contribution in [-0.4, -0.2) is 5.91 Å². The largest absolute Gasteiger partial charge is 0.350 e. The Balaban J connectivity index is 2.67. The molecule has 1 heterocycles. The minimum absolute atomic E-state index is 0.123. The highest BCUT2D eigenvalue weighted by Crippen LogP contribution is 2.29. The molecule has 0 radical (unpaired) electrons. The SMILES string of the molecule is CCCC(C#N)(CCC)C(=O)NCc1cccs1. The highest BCUT2D eigenvalue weighted by atomic mass is 32.1. The van der Waals surface area contributed by atoms with Gasteiger partial charge in [0.05, 0.1) is 12.6 Å². The first-order valence-electron chi connectivity index (χ1n) is 6.40. The minimum Gasteiger partial charge on any atom is -0.350 e. The molecule has 0 saturated heterocycles. The monoisotopic (exact) mass is 264 g/mol. The molecule has 1 N–H and O–H groups in total. The van der Waals surface area contributed by atoms with Crippen LogP contribution < -0.4 is 5.32 Å². The van der Waals surface area contributed by atoms with Gasteiger partial charge in [0, 0.05) is 4.88 Å². The second-order valence-electron chi connectivity index (χ2n) is 4.46. The maximum atomic E-state index is 12.2. The van der Waals surface area contributed by atoms with E-state index in [9.17, 15) is 10.1 Å². The van der Waals surface area contributed by atoms with Crippen molar-refractivity contribution in [2.75, 3.05) is 0 Å². The number of hydrogen-bond donors (Lipinski definition) is 1. The summed E-state index contributed by atoms with van der Waals surface area (Å²) < 4.78 is 0. The summed E-state index contributed by atoms with van der Waals surface area (Å²) in [5.74, 6) is -0.123. The van der Waals surface area contributed by atoms with E-state index >= 15 is 0 Å². The molecule has 0 aliphatic rings. The Labute approximate surface area is 113 Å². The molecule has 0 spiro atoms. The predicted molar refractivity (Wildman–Crippen MR) is 74.0 cm³/mol. The van der Waals surface area contributed by atoms with Crippen molar-refractivity contribution in [2.45, 2.75) is 46.1 Å². The summed E-state index contributed by atoms with van der Waals surface area (Å²) in [6, 6.07) is 6.18. The van der Waals surface area contributed by atoms with Crippen LogP contribution in [-0.2, 0) is 11.3 Å². The predicted octanol–water partition coefficient (Wildman–Crippen LogP) is 3.47. The van der Waals surface area contributed by atoms with Crippen LogP contribution in [0, 0.1) is 16.7 Å². The average molecular weight is 264 g/mol. The Hall–Kier alpha value is -1.34. The molecule has 1 aromatic rings. The van der Waals surface area contributed by atoms with Crippen LogP contribution in [0.2, 0.25) is 0 Å². The summed E-state index contributed by atoms with van der Waals surface area (Å²) in [6.07, 6.45) is 2.96. The Bertz CT molecular complexity index is 400. The number of amides is 1. The first kappa shape index (κ1) is 14.7. The fraction of sp³-hybridized carbons (Fsp3) is 0.571. The molecule has 0 bridgehead atoms. The number of nitrogens with zero attached hydrogens (tertiary/aromatic N) is 1. The second-order valence-corrected chi connectivity index (χ2v) is 5.49. The van der Waals surface area contributed by atoms with Gasteiger partial charge in [-0.15, -0.1) is 11.3 Å². The zero-order chi connectivity index (χ0) is 13.4. The molecule has 4 heteroatoms. The highest BCUT2D eigenvalue weighted by molar-refractivity contribution is 7.09. The number of hydrogen-bond acceptors (Lipinski definition) is 3. The van der Waals surface area contributed by atoms with Gasteiger partial charge in [0.15, 0.2) is 0 Å². The third-order valence-corrected chi connectivity index (χ3v) is 3.88. The highest BCUT2D eigenvalue weighted by Gasteiger charge is 2.36. The third kappa shape index (κ3) is 3.58. The fourth-order valence-corrected chi connectivity index (χ4v) is 2.76. The molecule has 0 aliphatic heterocycles. The molecule has 0 atom stereocenters. The molecule has 98 valence electrons. The molecule has 3 nitrogen and oxygen atoms in total. The Morgan fingerprint density at radius 1 is 1.44 bits per heavy atom. The third-order valence-electron chi connectivity index (χ3n) is 3.01. The normalized spacial score (nSPS) is 10.9. The quantitative estimate of drug-likeness (QED) is 0.819. The number of thiophene rings is 1. The van der Waals surface area contributed by atoms with Crippen molar-refractivity contribution in [3.8, 4) is 6.07 Å². The van der Waals surface area contributed by atoms with E-state index in [4.69, 9.17) is 0 Å². The number of nitrogens with one attached hydrogen (secondary N) is 1. The Kier molecular flexibility index (Phi) is 5.87. The van der Waals surface area contributed by atoms with E-state index in [-0.39, 0.29) is 5.91 Å². The van der Waals surface area contributed by atoms with Crippen molar-refractivity contribution in [3.63, 3.8) is 0 Å². The molecule has 1 amide bonds. The second kappa shape index (κ2) is 7.17. The van der Waals surface area contributed by atoms with Gasteiger partial charge in [-0.25, -0.2) is 0 Å². The average Bonchev–Trinajstić information content (AvgIpc) is 2.88. The van der Waals surface area contributed by atoms with E-state index in [2.05, 4.69) is 11.4 Å². The Morgan fingerprint density at radius 3 is 2.56 bits per heavy atom. The van der Waals surface area contributed by atoms with Crippen molar-refractivity contribution in [3.05, 3.63) is 22.4 Å². The lowest BCUT2D eigenvalue weighted by molar-refractivity contribution is -0.129. The van der Waals surface area contributed by atoms with Gasteiger partial charge in [-0.1, -0.05) is 32.8 Å². The maximum Gasteiger partial charge on any atom is 0.240 e. The molecule has 0 fully saturated rings. The van der Waals surface area contributed by atoms with Crippen LogP contribution in [0.25, 0.3) is 0 Å². The summed E-state index contributed by atoms with van der Waals surface area (Å²) in [6.45, 7) is 4.54. The topological polar surface area (TPSA) is 52.9 Å². The van der Waals surface area contributed by atoms with E-state index in [0.717, 1.165) is 17.7 Å². The lowest BCUT2D eigenvalue weighted by Crippen LogP contribution is -2.39. The number of rotatable bonds is 7. The number of carbonyl (C=O) groups is 1. The summed E-state index contributed by atoms with van der Waals surface area (Å²) in [4.78, 5) is 13.4. The first-order valence-corrected chi connectivity index (χ1v) is 7.28. The van der Waals surface area contributed by atoms with Crippen LogP contribution in [0.5, 0.6) is 0 Å². The molecule has 0 saturated carbocycles. The van der Waals surface area contributed by atoms with Crippen molar-refractivity contribution in [1.82, 2.24) is 5.32 Å². The van der Waals surface area contributed by atoms with Crippen LogP contribution >= 0.6 is 11.3 Å². The molecule has 1 rings (SSSR count). The minimum atomic E-state index is -0.846. The van der Waals surface area contributed by atoms with Gasteiger partial charge in [0.2, 0.25) is 5.91 Å². The van der Waals surface area contributed by atoms with Gasteiger partial charge in [-0.05, 0) is 24.3 Å². The molecule has 0 aromatic carbocycles. The van der Waals surface area contributed by atoms with Gasteiger partial charge in [-0.3, -0.25) is 4.79 Å². The van der Waals surface area contributed by atoms with E-state index in [1.165, 1.54) is 0 Å².